The Balaban J connectivity index is 2.34. The number of hydrogen-bond acceptors (Lipinski definition) is 1. The number of hydrogen-bond donors (Lipinski definition) is 1. The highest BCUT2D eigenvalue weighted by Gasteiger charge is 2.03. The van der Waals surface area contributed by atoms with Crippen LogP contribution < -0.4 is 5.32 Å². The van der Waals surface area contributed by atoms with Crippen LogP contribution in [0.15, 0.2) is 18.2 Å². The lowest BCUT2D eigenvalue weighted by Gasteiger charge is -2.15. The van der Waals surface area contributed by atoms with E-state index in [1.165, 1.54) is 32.1 Å². The third-order valence-corrected chi connectivity index (χ3v) is 3.48. The molecule has 0 saturated heterocycles. The molecule has 0 radical (unpaired) electrons. The van der Waals surface area contributed by atoms with Crippen molar-refractivity contribution in [3.63, 3.8) is 0 Å². The lowest BCUT2D eigenvalue weighted by atomic mass is 10.1. The summed E-state index contributed by atoms with van der Waals surface area (Å²) >= 11 is 6.10. The van der Waals surface area contributed by atoms with E-state index in [9.17, 15) is 0 Å². The average molecular weight is 254 g/mol. The summed E-state index contributed by atoms with van der Waals surface area (Å²) in [4.78, 5) is 0. The van der Waals surface area contributed by atoms with Gasteiger partial charge in [0.25, 0.3) is 0 Å². The Hall–Kier alpha value is -0.690. The smallest absolute Gasteiger partial charge is 0.0455 e. The number of halogens is 1. The van der Waals surface area contributed by atoms with E-state index in [4.69, 9.17) is 11.6 Å². The quantitative estimate of drug-likeness (QED) is 0.640. The molecule has 0 heterocycles. The molecule has 0 amide bonds. The lowest BCUT2D eigenvalue weighted by molar-refractivity contribution is 0.594. The molecule has 1 aromatic rings. The normalized spacial score (nSPS) is 12.5. The second-order valence-corrected chi connectivity index (χ2v) is 5.27. The summed E-state index contributed by atoms with van der Waals surface area (Å²) in [5.74, 6) is 0. The molecule has 1 nitrogen and oxygen atoms in total. The van der Waals surface area contributed by atoms with Crippen LogP contribution in [0.3, 0.4) is 0 Å². The van der Waals surface area contributed by atoms with Crippen LogP contribution >= 0.6 is 11.6 Å². The van der Waals surface area contributed by atoms with Crippen LogP contribution in [-0.2, 0) is 0 Å². The van der Waals surface area contributed by atoms with Crippen LogP contribution in [0.2, 0.25) is 5.02 Å². The number of aryl methyl sites for hydroxylation is 1. The van der Waals surface area contributed by atoms with Crippen molar-refractivity contribution in [2.45, 2.75) is 58.9 Å². The summed E-state index contributed by atoms with van der Waals surface area (Å²) in [6, 6.07) is 6.70. The zero-order chi connectivity index (χ0) is 12.7. The van der Waals surface area contributed by atoms with Crippen molar-refractivity contribution < 1.29 is 0 Å². The predicted octanol–water partition coefficient (Wildman–Crippen LogP) is 5.42. The molecule has 0 bridgehead atoms. The van der Waals surface area contributed by atoms with E-state index in [-0.39, 0.29) is 0 Å². The fourth-order valence-corrected chi connectivity index (χ4v) is 2.10. The SMILES string of the molecule is CCCCCCC(C)Nc1ccc(C)c(Cl)c1. The molecule has 1 aromatic carbocycles. The van der Waals surface area contributed by atoms with Gasteiger partial charge < -0.3 is 5.32 Å². The van der Waals surface area contributed by atoms with Crippen LogP contribution in [0.1, 0.15) is 51.5 Å². The van der Waals surface area contributed by atoms with E-state index in [1.807, 2.05) is 13.0 Å². The van der Waals surface area contributed by atoms with Gasteiger partial charge in [-0.05, 0) is 38.0 Å². The minimum atomic E-state index is 0.519. The Bertz CT molecular complexity index is 336. The predicted molar refractivity (Wildman–Crippen MR) is 78.0 cm³/mol. The first kappa shape index (κ1) is 14.4. The number of benzene rings is 1. The fourth-order valence-electron chi connectivity index (χ4n) is 1.92. The largest absolute Gasteiger partial charge is 0.383 e. The van der Waals surface area contributed by atoms with Crippen molar-refractivity contribution in [1.29, 1.82) is 0 Å². The van der Waals surface area contributed by atoms with Gasteiger partial charge in [0.15, 0.2) is 0 Å². The lowest BCUT2D eigenvalue weighted by Crippen LogP contribution is -2.14. The molecule has 1 unspecified atom stereocenters. The van der Waals surface area contributed by atoms with Gasteiger partial charge in [-0.3, -0.25) is 0 Å². The molecule has 0 saturated carbocycles. The van der Waals surface area contributed by atoms with E-state index in [0.717, 1.165) is 16.3 Å². The second-order valence-electron chi connectivity index (χ2n) is 4.86. The van der Waals surface area contributed by atoms with E-state index >= 15 is 0 Å². The number of rotatable bonds is 7. The van der Waals surface area contributed by atoms with Gasteiger partial charge >= 0.3 is 0 Å². The topological polar surface area (TPSA) is 12.0 Å². The molecule has 0 aliphatic carbocycles. The maximum absolute atomic E-state index is 6.10. The Morgan fingerprint density at radius 3 is 2.65 bits per heavy atom. The third kappa shape index (κ3) is 5.45. The van der Waals surface area contributed by atoms with Gasteiger partial charge in [-0.2, -0.15) is 0 Å². The Labute approximate surface area is 111 Å². The molecule has 17 heavy (non-hydrogen) atoms. The van der Waals surface area contributed by atoms with Crippen LogP contribution in [-0.4, -0.2) is 6.04 Å². The van der Waals surface area contributed by atoms with E-state index < -0.39 is 0 Å². The molecular weight excluding hydrogens is 230 g/mol. The highest BCUT2D eigenvalue weighted by Crippen LogP contribution is 2.21. The molecule has 96 valence electrons. The first-order valence-electron chi connectivity index (χ1n) is 6.66. The zero-order valence-electron chi connectivity index (χ0n) is 11.2. The van der Waals surface area contributed by atoms with Gasteiger partial charge in [-0.15, -0.1) is 0 Å². The van der Waals surface area contributed by atoms with E-state index in [2.05, 4.69) is 31.3 Å². The average Bonchev–Trinajstić information content (AvgIpc) is 2.30. The highest BCUT2D eigenvalue weighted by atomic mass is 35.5. The summed E-state index contributed by atoms with van der Waals surface area (Å²) in [6.07, 6.45) is 6.53. The van der Waals surface area contributed by atoms with Crippen molar-refractivity contribution in [3.05, 3.63) is 28.8 Å². The third-order valence-electron chi connectivity index (χ3n) is 3.08. The number of anilines is 1. The van der Waals surface area contributed by atoms with Crippen molar-refractivity contribution >= 4 is 17.3 Å². The van der Waals surface area contributed by atoms with Crippen LogP contribution in [0.5, 0.6) is 0 Å². The summed E-state index contributed by atoms with van der Waals surface area (Å²) in [5.41, 5.74) is 2.26. The second kappa shape index (κ2) is 7.60. The monoisotopic (exact) mass is 253 g/mol. The molecular formula is C15H24ClN. The zero-order valence-corrected chi connectivity index (χ0v) is 12.0. The summed E-state index contributed by atoms with van der Waals surface area (Å²) in [5, 5.41) is 4.34. The van der Waals surface area contributed by atoms with Crippen molar-refractivity contribution in [2.75, 3.05) is 5.32 Å². The minimum Gasteiger partial charge on any atom is -0.383 e. The fraction of sp³-hybridized carbons (Fsp3) is 0.600. The van der Waals surface area contributed by atoms with E-state index in [1.54, 1.807) is 0 Å². The van der Waals surface area contributed by atoms with Gasteiger partial charge in [-0.25, -0.2) is 0 Å². The minimum absolute atomic E-state index is 0.519. The molecule has 0 aromatic heterocycles. The van der Waals surface area contributed by atoms with Gasteiger partial charge in [0, 0.05) is 16.8 Å². The van der Waals surface area contributed by atoms with Crippen LogP contribution in [0.4, 0.5) is 5.69 Å². The molecule has 0 aliphatic heterocycles. The maximum Gasteiger partial charge on any atom is 0.0455 e. The Kier molecular flexibility index (Phi) is 6.43. The van der Waals surface area contributed by atoms with Crippen LogP contribution in [0, 0.1) is 6.92 Å². The maximum atomic E-state index is 6.10. The van der Waals surface area contributed by atoms with Crippen molar-refractivity contribution in [2.24, 2.45) is 0 Å². The number of nitrogens with one attached hydrogen (secondary N) is 1. The first-order chi connectivity index (χ1) is 8.13. The molecule has 2 heteroatoms. The summed E-state index contributed by atoms with van der Waals surface area (Å²) in [7, 11) is 0. The molecule has 0 spiro atoms. The van der Waals surface area contributed by atoms with Gasteiger partial charge in [0.1, 0.15) is 0 Å². The van der Waals surface area contributed by atoms with Gasteiger partial charge in [0.2, 0.25) is 0 Å². The van der Waals surface area contributed by atoms with E-state index in [0.29, 0.717) is 6.04 Å². The standard InChI is InChI=1S/C15H24ClN/c1-4-5-6-7-8-13(3)17-14-10-9-12(2)15(16)11-14/h9-11,13,17H,4-8H2,1-3H3. The van der Waals surface area contributed by atoms with Gasteiger partial charge in [-0.1, -0.05) is 50.3 Å². The summed E-state index contributed by atoms with van der Waals surface area (Å²) < 4.78 is 0. The molecule has 0 aliphatic rings. The highest BCUT2D eigenvalue weighted by molar-refractivity contribution is 6.31. The molecule has 1 N–H and O–H groups in total. The molecule has 1 atom stereocenters. The summed E-state index contributed by atoms with van der Waals surface area (Å²) in [6.45, 7) is 6.51. The Morgan fingerprint density at radius 2 is 2.00 bits per heavy atom. The first-order valence-corrected chi connectivity index (χ1v) is 7.04. The molecule has 1 rings (SSSR count). The molecule has 0 fully saturated rings. The number of unbranched alkanes of at least 4 members (excludes halogenated alkanes) is 3. The van der Waals surface area contributed by atoms with Crippen LogP contribution in [0.25, 0.3) is 0 Å². The van der Waals surface area contributed by atoms with Crippen molar-refractivity contribution in [1.82, 2.24) is 0 Å². The van der Waals surface area contributed by atoms with Gasteiger partial charge in [0.05, 0.1) is 0 Å². The Morgan fingerprint density at radius 1 is 1.24 bits per heavy atom. The van der Waals surface area contributed by atoms with Crippen molar-refractivity contribution in [3.8, 4) is 0 Å².